The minimum atomic E-state index is -4.45. The molecule has 14 saturated carbocycles. The van der Waals surface area contributed by atoms with Crippen LogP contribution in [0.1, 0.15) is 63.5 Å². The molecule has 14 fully saturated rings. The van der Waals surface area contributed by atoms with Crippen LogP contribution >= 0.6 is 11.8 Å². The first-order valence-electron chi connectivity index (χ1n) is 18.9. The van der Waals surface area contributed by atoms with E-state index in [1.165, 1.54) is 48.6 Å². The summed E-state index contributed by atoms with van der Waals surface area (Å²) in [5.41, 5.74) is 13.9. The molecule has 15 rings (SSSR count). The van der Waals surface area contributed by atoms with E-state index in [-0.39, 0.29) is 12.1 Å². The van der Waals surface area contributed by atoms with E-state index >= 15 is 0 Å². The van der Waals surface area contributed by atoms with Gasteiger partial charge in [-0.3, -0.25) is 4.79 Å². The molecule has 10 spiro atoms. The predicted molar refractivity (Wildman–Crippen MR) is 165 cm³/mol. The van der Waals surface area contributed by atoms with Gasteiger partial charge in [0.25, 0.3) is 0 Å². The fourth-order valence-corrected chi connectivity index (χ4v) is 24.7. The number of hydrogen-bond acceptors (Lipinski definition) is 4. The lowest BCUT2D eigenvalue weighted by molar-refractivity contribution is -0.871. The summed E-state index contributed by atoms with van der Waals surface area (Å²) in [4.78, 5) is 12.5. The minimum absolute atomic E-state index is 0.0558. The second-order valence-electron chi connectivity index (χ2n) is 20.2. The monoisotopic (exact) mass is 658 g/mol. The lowest BCUT2D eigenvalue weighted by Gasteiger charge is -3.32. The zero-order chi connectivity index (χ0) is 31.4. The Morgan fingerprint density at radius 3 is 2.66 bits per heavy atom. The van der Waals surface area contributed by atoms with Crippen LogP contribution < -0.4 is 11.1 Å². The second-order valence-corrected chi connectivity index (χ2v) is 21.4. The Morgan fingerprint density at radius 1 is 1.02 bits per heavy atom. The summed E-state index contributed by atoms with van der Waals surface area (Å²) in [6.07, 6.45) is 3.78. The van der Waals surface area contributed by atoms with Crippen LogP contribution in [0, 0.1) is 95.1 Å². The molecule has 0 heterocycles. The van der Waals surface area contributed by atoms with Gasteiger partial charge in [0.05, 0.1) is 17.7 Å². The number of hydrogen-bond donors (Lipinski definition) is 2. The lowest BCUT2D eigenvalue weighted by Crippen LogP contribution is -3.30. The van der Waals surface area contributed by atoms with Crippen molar-refractivity contribution in [2.75, 3.05) is 18.1 Å². The molecule has 1 amide bonds. The summed E-state index contributed by atoms with van der Waals surface area (Å²) in [6.45, 7) is 6.09. The van der Waals surface area contributed by atoms with Crippen LogP contribution in [0.15, 0.2) is 24.3 Å². The first-order chi connectivity index (χ1) is 22.5. The predicted octanol–water partition coefficient (Wildman–Crippen LogP) is 5.89. The Morgan fingerprint density at radius 2 is 1.85 bits per heavy atom. The van der Waals surface area contributed by atoms with Gasteiger partial charge < -0.3 is 15.8 Å². The molecule has 0 aliphatic heterocycles. The van der Waals surface area contributed by atoms with E-state index in [0.29, 0.717) is 34.2 Å². The van der Waals surface area contributed by atoms with Crippen molar-refractivity contribution in [1.29, 1.82) is 0 Å². The van der Waals surface area contributed by atoms with E-state index in [2.05, 4.69) is 19.2 Å². The first kappa shape index (κ1) is 25.7. The number of alkyl halides is 3. The van der Waals surface area contributed by atoms with Gasteiger partial charge in [0.15, 0.2) is 0 Å². The van der Waals surface area contributed by atoms with Gasteiger partial charge in [0.1, 0.15) is 0 Å². The fraction of sp³-hybridized carbons (Fsp3) is 0.821. The number of fused-ring (bicyclic) bond motifs is 3. The third-order valence-electron chi connectivity index (χ3n) is 21.4. The topological polar surface area (TPSA) is 64.3 Å². The number of ether oxygens (including phenoxy) is 1. The third kappa shape index (κ3) is 1.35. The molecule has 47 heavy (non-hydrogen) atoms. The Kier molecular flexibility index (Phi) is 3.21. The molecule has 18 atom stereocenters. The number of nitrogens with one attached hydrogen (secondary N) is 1. The Balaban J connectivity index is 0.604. The van der Waals surface area contributed by atoms with Crippen LogP contribution in [-0.2, 0) is 22.3 Å². The Labute approximate surface area is 276 Å². The maximum Gasteiger partial charge on any atom is 0.416 e. The summed E-state index contributed by atoms with van der Waals surface area (Å²) in [5, 5.41) is 2.61. The van der Waals surface area contributed by atoms with Crippen molar-refractivity contribution in [3.05, 3.63) is 35.4 Å². The third-order valence-corrected chi connectivity index (χ3v) is 22.5. The average Bonchev–Trinajstić information content (AvgIpc) is 3.91. The number of rotatable bonds is 11. The van der Waals surface area contributed by atoms with Crippen molar-refractivity contribution < 1.29 is 22.7 Å². The van der Waals surface area contributed by atoms with Crippen molar-refractivity contribution in [2.45, 2.75) is 77.2 Å². The molecule has 14 aliphatic carbocycles. The highest BCUT2D eigenvalue weighted by Crippen LogP contribution is 3.51. The molecular formula is C39H41F3N2O2S. The van der Waals surface area contributed by atoms with Gasteiger partial charge in [-0.1, -0.05) is 32.0 Å². The highest BCUT2D eigenvalue weighted by atomic mass is 32.2. The van der Waals surface area contributed by atoms with Gasteiger partial charge in [-0.25, -0.2) is 0 Å². The standard InChI is InChI=1S/C39H41F3N2O2S/c1-28(2)16-32-30(14-22(30)46-9-5-10-47-11-8-21(43)27(45)44-15-17-6-3-4-7-18(17)38(40,41)42)31-13-19-23-24-26-29-12-20-25(29)37(34(20,28)32)36(26,29)35(24,33(19,23)31)39(31,32)37/h3-4,6-7,19-26H,5,8-16,43H2,1-2H3,(H,44,45)/t19-,20?,21?,22?,23-,24?,25?,26?,29?,30?,31?,32?,33?,34?,35?,36?,37?,39?/m1/s1. The molecule has 246 valence electrons. The van der Waals surface area contributed by atoms with E-state index in [0.717, 1.165) is 80.3 Å². The molecule has 0 saturated heterocycles. The Bertz CT molecular complexity index is 1950. The van der Waals surface area contributed by atoms with Crippen molar-refractivity contribution in [1.82, 2.24) is 5.32 Å². The number of thioether (sulfide) groups is 1. The van der Waals surface area contributed by atoms with Gasteiger partial charge in [0.2, 0.25) is 5.91 Å². The molecule has 4 nitrogen and oxygen atoms in total. The molecule has 16 unspecified atom stereocenters. The van der Waals surface area contributed by atoms with Crippen LogP contribution in [-0.4, -0.2) is 36.2 Å². The zero-order valence-corrected chi connectivity index (χ0v) is 27.8. The summed E-state index contributed by atoms with van der Waals surface area (Å²) < 4.78 is 46.8. The zero-order valence-electron chi connectivity index (χ0n) is 26.9. The van der Waals surface area contributed by atoms with Crippen LogP contribution in [0.2, 0.25) is 0 Å². The van der Waals surface area contributed by atoms with Crippen LogP contribution in [0.3, 0.4) is 0 Å². The molecule has 0 aromatic heterocycles. The number of benzene rings is 1. The maximum absolute atomic E-state index is 13.3. The van der Waals surface area contributed by atoms with Gasteiger partial charge in [-0.05, 0) is 151 Å². The smallest absolute Gasteiger partial charge is 0.378 e. The van der Waals surface area contributed by atoms with Crippen LogP contribution in [0.25, 0.3) is 0 Å². The molecule has 8 heteroatoms. The fourth-order valence-electron chi connectivity index (χ4n) is 23.8. The van der Waals surface area contributed by atoms with Crippen molar-refractivity contribution in [2.24, 2.45) is 101 Å². The highest BCUT2D eigenvalue weighted by Gasteiger charge is 3.49. The average molecular weight is 659 g/mol. The van der Waals surface area contributed by atoms with E-state index in [4.69, 9.17) is 10.5 Å². The second kappa shape index (κ2) is 5.87. The molecular weight excluding hydrogens is 618 g/mol. The molecule has 0 radical (unpaired) electrons. The molecule has 0 bridgehead atoms. The van der Waals surface area contributed by atoms with Gasteiger partial charge >= 0.3 is 6.18 Å². The maximum atomic E-state index is 13.3. The Hall–Kier alpha value is -1.25. The number of nitrogens with two attached hydrogens (primary N) is 1. The van der Waals surface area contributed by atoms with Crippen molar-refractivity contribution >= 4 is 17.7 Å². The van der Waals surface area contributed by atoms with Crippen LogP contribution in [0.4, 0.5) is 13.2 Å². The lowest BCUT2D eigenvalue weighted by atomic mass is 8.70. The molecule has 14 aliphatic rings. The van der Waals surface area contributed by atoms with Crippen molar-refractivity contribution in [3.63, 3.8) is 0 Å². The van der Waals surface area contributed by atoms with Gasteiger partial charge in [-0.15, -0.1) is 0 Å². The number of amides is 1. The number of carbonyl (C=O) groups excluding carboxylic acids is 1. The summed E-state index contributed by atoms with van der Waals surface area (Å²) in [6, 6.07) is 4.63. The van der Waals surface area contributed by atoms with E-state index in [9.17, 15) is 18.0 Å². The summed E-state index contributed by atoms with van der Waals surface area (Å²) >= 11 is 1.81. The van der Waals surface area contributed by atoms with E-state index in [1.807, 2.05) is 11.8 Å². The van der Waals surface area contributed by atoms with Crippen LogP contribution in [0.5, 0.6) is 0 Å². The van der Waals surface area contributed by atoms with E-state index in [1.54, 1.807) is 18.9 Å². The highest BCUT2D eigenvalue weighted by molar-refractivity contribution is 7.99. The van der Waals surface area contributed by atoms with Gasteiger partial charge in [-0.2, -0.15) is 24.9 Å². The quantitative estimate of drug-likeness (QED) is 0.292. The number of carbonyl (C=O) groups is 1. The largest absolute Gasteiger partial charge is 0.416 e. The minimum Gasteiger partial charge on any atom is -0.378 e. The molecule has 1 aromatic carbocycles. The summed E-state index contributed by atoms with van der Waals surface area (Å²) in [7, 11) is 0. The molecule has 1 aromatic rings. The normalized spacial score (nSPS) is 67.7. The SMILES string of the molecule is CC1(C)CC23C4(CC4OCCCSCCC(N)C(=O)NCc4ccccc4C(F)(F)F)C45C[C@@H]6[C@@H]7C8C9C%10%11CC%12C%10C%10(C%1212)C9%11C8(C674)C53%10. The molecule has 3 N–H and O–H groups in total. The summed E-state index contributed by atoms with van der Waals surface area (Å²) in [5.74, 6) is 8.36. The van der Waals surface area contributed by atoms with Crippen molar-refractivity contribution in [3.8, 4) is 0 Å². The van der Waals surface area contributed by atoms with E-state index < -0.39 is 23.7 Å². The first-order valence-corrected chi connectivity index (χ1v) is 20.0. The van der Waals surface area contributed by atoms with Gasteiger partial charge in [0, 0.05) is 18.6 Å². The number of halogens is 3.